The van der Waals surface area contributed by atoms with Crippen molar-refractivity contribution in [2.75, 3.05) is 7.11 Å². The number of hydrogen-bond acceptors (Lipinski definition) is 3. The molecular weight excluding hydrogens is 224 g/mol. The number of hydrogen-bond donors (Lipinski definition) is 1. The highest BCUT2D eigenvalue weighted by Crippen LogP contribution is 2.34. The van der Waals surface area contributed by atoms with Gasteiger partial charge >= 0.3 is 5.97 Å². The summed E-state index contributed by atoms with van der Waals surface area (Å²) in [5.74, 6) is -0.0889. The van der Waals surface area contributed by atoms with Crippen LogP contribution in [0.5, 0.6) is 5.75 Å². The smallest absolute Gasteiger partial charge is 0.346 e. The number of carbonyl (C=O) groups is 1. The lowest BCUT2D eigenvalue weighted by Gasteiger charge is -2.00. The fourth-order valence-electron chi connectivity index (χ4n) is 1.78. The van der Waals surface area contributed by atoms with Crippen LogP contribution in [0.15, 0.2) is 18.2 Å². The summed E-state index contributed by atoms with van der Waals surface area (Å²) in [5.41, 5.74) is 0.895. The van der Waals surface area contributed by atoms with Gasteiger partial charge in [-0.25, -0.2) is 4.79 Å². The number of methoxy groups -OCH3 is 1. The van der Waals surface area contributed by atoms with E-state index in [1.165, 1.54) is 11.3 Å². The van der Waals surface area contributed by atoms with E-state index in [1.807, 2.05) is 25.1 Å². The first-order chi connectivity index (χ1) is 7.67. The highest BCUT2D eigenvalue weighted by molar-refractivity contribution is 7.21. The van der Waals surface area contributed by atoms with Gasteiger partial charge in [0.05, 0.1) is 7.11 Å². The Bertz CT molecular complexity index is 542. The standard InChI is InChI=1S/C12H12O3S/c1-3-8-9-6-7(15-2)4-5-10(9)16-11(8)12(13)14/h4-6H,3H2,1-2H3,(H,13,14). The van der Waals surface area contributed by atoms with Gasteiger partial charge in [-0.2, -0.15) is 0 Å². The van der Waals surface area contributed by atoms with Crippen LogP contribution in [0.4, 0.5) is 0 Å². The van der Waals surface area contributed by atoms with Gasteiger partial charge in [-0.15, -0.1) is 11.3 Å². The second kappa shape index (κ2) is 4.14. The van der Waals surface area contributed by atoms with Crippen molar-refractivity contribution in [3.8, 4) is 5.75 Å². The SMILES string of the molecule is CCc1c(C(=O)O)sc2ccc(OC)cc12. The van der Waals surface area contributed by atoms with Crippen LogP contribution in [0.25, 0.3) is 10.1 Å². The number of carboxylic acids is 1. The first-order valence-electron chi connectivity index (χ1n) is 5.00. The molecule has 84 valence electrons. The van der Waals surface area contributed by atoms with E-state index in [2.05, 4.69) is 0 Å². The Kier molecular flexibility index (Phi) is 2.83. The molecule has 16 heavy (non-hydrogen) atoms. The fraction of sp³-hybridized carbons (Fsp3) is 0.250. The number of benzene rings is 1. The molecule has 2 aromatic rings. The minimum absolute atomic E-state index is 0.436. The Hall–Kier alpha value is -1.55. The van der Waals surface area contributed by atoms with Crippen molar-refractivity contribution in [2.24, 2.45) is 0 Å². The zero-order chi connectivity index (χ0) is 11.7. The third kappa shape index (κ3) is 1.65. The molecule has 1 aromatic carbocycles. The molecule has 0 bridgehead atoms. The summed E-state index contributed by atoms with van der Waals surface area (Å²) >= 11 is 1.32. The van der Waals surface area contributed by atoms with Crippen LogP contribution in [0, 0.1) is 0 Å². The lowest BCUT2D eigenvalue weighted by Crippen LogP contribution is -1.96. The van der Waals surface area contributed by atoms with Gasteiger partial charge in [0.15, 0.2) is 0 Å². The van der Waals surface area contributed by atoms with E-state index in [0.29, 0.717) is 4.88 Å². The Morgan fingerprint density at radius 1 is 1.50 bits per heavy atom. The molecule has 0 radical (unpaired) electrons. The van der Waals surface area contributed by atoms with Crippen LogP contribution in [0.1, 0.15) is 22.2 Å². The molecule has 2 rings (SSSR count). The molecule has 0 saturated carbocycles. The predicted molar refractivity (Wildman–Crippen MR) is 64.7 cm³/mol. The molecular formula is C12H12O3S. The second-order valence-corrected chi connectivity index (χ2v) is 4.48. The summed E-state index contributed by atoms with van der Waals surface area (Å²) in [5, 5.41) is 10.1. The number of thiophene rings is 1. The minimum atomic E-state index is -0.850. The number of fused-ring (bicyclic) bond motifs is 1. The van der Waals surface area contributed by atoms with Gasteiger partial charge in [0.1, 0.15) is 10.6 Å². The van der Waals surface area contributed by atoms with Gasteiger partial charge in [0.2, 0.25) is 0 Å². The predicted octanol–water partition coefficient (Wildman–Crippen LogP) is 3.17. The summed E-state index contributed by atoms with van der Waals surface area (Å²) in [6.45, 7) is 1.97. The average Bonchev–Trinajstić information content (AvgIpc) is 2.66. The van der Waals surface area contributed by atoms with Crippen molar-refractivity contribution in [1.82, 2.24) is 0 Å². The molecule has 0 fully saturated rings. The molecule has 0 atom stereocenters. The van der Waals surface area contributed by atoms with E-state index in [4.69, 9.17) is 9.84 Å². The number of aromatic carboxylic acids is 1. The van der Waals surface area contributed by atoms with E-state index in [0.717, 1.165) is 27.8 Å². The zero-order valence-electron chi connectivity index (χ0n) is 9.11. The Morgan fingerprint density at radius 2 is 2.25 bits per heavy atom. The number of aryl methyl sites for hydroxylation is 1. The van der Waals surface area contributed by atoms with Crippen LogP contribution in [-0.4, -0.2) is 18.2 Å². The maximum Gasteiger partial charge on any atom is 0.346 e. The largest absolute Gasteiger partial charge is 0.497 e. The zero-order valence-corrected chi connectivity index (χ0v) is 9.93. The summed E-state index contributed by atoms with van der Waals surface area (Å²) in [6, 6.07) is 5.66. The lowest BCUT2D eigenvalue weighted by molar-refractivity contribution is 0.0701. The van der Waals surface area contributed by atoms with E-state index in [9.17, 15) is 4.79 Å². The lowest BCUT2D eigenvalue weighted by atomic mass is 10.1. The van der Waals surface area contributed by atoms with Crippen LogP contribution < -0.4 is 4.74 Å². The Balaban J connectivity index is 2.73. The third-order valence-corrected chi connectivity index (χ3v) is 3.75. The molecule has 0 aliphatic heterocycles. The van der Waals surface area contributed by atoms with Gasteiger partial charge in [-0.3, -0.25) is 0 Å². The summed E-state index contributed by atoms with van der Waals surface area (Å²) < 4.78 is 6.14. The summed E-state index contributed by atoms with van der Waals surface area (Å²) in [6.07, 6.45) is 0.717. The molecule has 0 unspecified atom stereocenters. The van der Waals surface area contributed by atoms with E-state index >= 15 is 0 Å². The van der Waals surface area contributed by atoms with E-state index < -0.39 is 5.97 Å². The minimum Gasteiger partial charge on any atom is -0.497 e. The van der Waals surface area contributed by atoms with Crippen molar-refractivity contribution >= 4 is 27.4 Å². The Morgan fingerprint density at radius 3 is 2.81 bits per heavy atom. The molecule has 4 heteroatoms. The highest BCUT2D eigenvalue weighted by Gasteiger charge is 2.16. The van der Waals surface area contributed by atoms with Crippen molar-refractivity contribution in [1.29, 1.82) is 0 Å². The summed E-state index contributed by atoms with van der Waals surface area (Å²) in [4.78, 5) is 11.5. The topological polar surface area (TPSA) is 46.5 Å². The van der Waals surface area contributed by atoms with Crippen molar-refractivity contribution in [3.05, 3.63) is 28.6 Å². The monoisotopic (exact) mass is 236 g/mol. The first-order valence-corrected chi connectivity index (χ1v) is 5.81. The molecule has 0 aliphatic rings. The van der Waals surface area contributed by atoms with Gasteiger partial charge < -0.3 is 9.84 Å². The van der Waals surface area contributed by atoms with E-state index in [-0.39, 0.29) is 0 Å². The molecule has 0 spiro atoms. The molecule has 0 aliphatic carbocycles. The number of ether oxygens (including phenoxy) is 1. The first kappa shape index (κ1) is 11.0. The van der Waals surface area contributed by atoms with Gasteiger partial charge in [0.25, 0.3) is 0 Å². The summed E-state index contributed by atoms with van der Waals surface area (Å²) in [7, 11) is 1.61. The normalized spacial score (nSPS) is 10.6. The maximum atomic E-state index is 11.1. The van der Waals surface area contributed by atoms with E-state index in [1.54, 1.807) is 7.11 Å². The van der Waals surface area contributed by atoms with Gasteiger partial charge in [-0.05, 0) is 30.2 Å². The molecule has 0 amide bonds. The average molecular weight is 236 g/mol. The molecule has 1 aromatic heterocycles. The number of carboxylic acid groups (broad SMARTS) is 1. The quantitative estimate of drug-likeness (QED) is 0.890. The molecule has 1 heterocycles. The van der Waals surface area contributed by atoms with Crippen molar-refractivity contribution in [3.63, 3.8) is 0 Å². The maximum absolute atomic E-state index is 11.1. The van der Waals surface area contributed by atoms with Crippen LogP contribution in [0.3, 0.4) is 0 Å². The van der Waals surface area contributed by atoms with Crippen LogP contribution in [-0.2, 0) is 6.42 Å². The number of rotatable bonds is 3. The van der Waals surface area contributed by atoms with Crippen LogP contribution in [0.2, 0.25) is 0 Å². The molecule has 0 saturated heterocycles. The second-order valence-electron chi connectivity index (χ2n) is 3.43. The van der Waals surface area contributed by atoms with Gasteiger partial charge in [-0.1, -0.05) is 6.92 Å². The van der Waals surface area contributed by atoms with Gasteiger partial charge in [0, 0.05) is 10.1 Å². The highest BCUT2D eigenvalue weighted by atomic mass is 32.1. The third-order valence-electron chi connectivity index (χ3n) is 2.55. The Labute approximate surface area is 97.3 Å². The molecule has 1 N–H and O–H groups in total. The van der Waals surface area contributed by atoms with Crippen LogP contribution >= 0.6 is 11.3 Å². The van der Waals surface area contributed by atoms with Crippen molar-refractivity contribution < 1.29 is 14.6 Å². The van der Waals surface area contributed by atoms with Crippen molar-refractivity contribution in [2.45, 2.75) is 13.3 Å². The molecule has 3 nitrogen and oxygen atoms in total. The fourth-order valence-corrected chi connectivity index (χ4v) is 2.89.